The molecule has 20 heavy (non-hydrogen) atoms. The lowest BCUT2D eigenvalue weighted by atomic mass is 10.1. The summed E-state index contributed by atoms with van der Waals surface area (Å²) in [5, 5.41) is 4.75. The van der Waals surface area contributed by atoms with Crippen LogP contribution in [0.3, 0.4) is 0 Å². The van der Waals surface area contributed by atoms with Crippen molar-refractivity contribution in [2.75, 3.05) is 13.7 Å². The van der Waals surface area contributed by atoms with E-state index in [4.69, 9.17) is 22.2 Å². The van der Waals surface area contributed by atoms with Gasteiger partial charge in [-0.1, -0.05) is 11.6 Å². The van der Waals surface area contributed by atoms with Crippen LogP contribution in [0, 0.1) is 6.92 Å². The lowest BCUT2D eigenvalue weighted by Gasteiger charge is -2.17. The number of hydrogen-bond acceptors (Lipinski definition) is 6. The molecule has 0 bridgehead atoms. The van der Waals surface area contributed by atoms with Crippen LogP contribution >= 0.6 is 11.6 Å². The topological polar surface area (TPSA) is 90.9 Å². The van der Waals surface area contributed by atoms with Gasteiger partial charge in [0.1, 0.15) is 6.04 Å². The zero-order chi connectivity index (χ0) is 14.5. The van der Waals surface area contributed by atoms with Crippen LogP contribution in [0.25, 0.3) is 0 Å². The summed E-state index contributed by atoms with van der Waals surface area (Å²) in [6, 6.07) is -0.380. The van der Waals surface area contributed by atoms with E-state index < -0.39 is 0 Å². The predicted octanol–water partition coefficient (Wildman–Crippen LogP) is 0.834. The van der Waals surface area contributed by atoms with Crippen LogP contribution in [-0.4, -0.2) is 33.5 Å². The number of halogens is 1. The zero-order valence-electron chi connectivity index (χ0n) is 11.4. The van der Waals surface area contributed by atoms with Gasteiger partial charge in [-0.2, -0.15) is 5.10 Å². The van der Waals surface area contributed by atoms with E-state index in [0.717, 1.165) is 11.4 Å². The molecule has 2 heterocycles. The summed E-state index contributed by atoms with van der Waals surface area (Å²) in [5.74, 6) is 5.65. The van der Waals surface area contributed by atoms with Gasteiger partial charge in [-0.15, -0.1) is 0 Å². The van der Waals surface area contributed by atoms with Crippen LogP contribution < -0.4 is 11.3 Å². The number of nitrogens with one attached hydrogen (secondary N) is 1. The molecule has 2 aromatic rings. The van der Waals surface area contributed by atoms with Gasteiger partial charge >= 0.3 is 0 Å². The lowest BCUT2D eigenvalue weighted by Crippen LogP contribution is -2.32. The van der Waals surface area contributed by atoms with E-state index >= 15 is 0 Å². The molecular weight excluding hydrogens is 280 g/mol. The smallest absolute Gasteiger partial charge is 0.108 e. The Labute approximate surface area is 122 Å². The molecule has 0 saturated carbocycles. The molecule has 0 radical (unpaired) electrons. The van der Waals surface area contributed by atoms with Crippen molar-refractivity contribution < 1.29 is 4.74 Å². The van der Waals surface area contributed by atoms with Crippen molar-refractivity contribution >= 4 is 11.6 Å². The number of aromatic nitrogens is 4. The molecule has 0 amide bonds. The van der Waals surface area contributed by atoms with Crippen molar-refractivity contribution in [2.45, 2.75) is 19.5 Å². The fraction of sp³-hybridized carbons (Fsp3) is 0.417. The first kappa shape index (κ1) is 14.9. The lowest BCUT2D eigenvalue weighted by molar-refractivity contribution is 0.182. The van der Waals surface area contributed by atoms with Crippen molar-refractivity contribution in [1.29, 1.82) is 0 Å². The second-order valence-corrected chi connectivity index (χ2v) is 4.68. The molecule has 0 aromatic carbocycles. The Morgan fingerprint density at radius 2 is 2.20 bits per heavy atom. The van der Waals surface area contributed by atoms with Crippen molar-refractivity contribution in [3.63, 3.8) is 0 Å². The van der Waals surface area contributed by atoms with Gasteiger partial charge in [0, 0.05) is 13.3 Å². The van der Waals surface area contributed by atoms with Crippen LogP contribution in [0.2, 0.25) is 5.02 Å². The van der Waals surface area contributed by atoms with Crippen molar-refractivity contribution in [1.82, 2.24) is 25.2 Å². The summed E-state index contributed by atoms with van der Waals surface area (Å²) in [4.78, 5) is 8.56. The van der Waals surface area contributed by atoms with Crippen molar-refractivity contribution in [3.8, 4) is 0 Å². The summed E-state index contributed by atoms with van der Waals surface area (Å²) in [6.45, 7) is 2.98. The van der Waals surface area contributed by atoms with Gasteiger partial charge in [0.2, 0.25) is 0 Å². The maximum absolute atomic E-state index is 6.21. The van der Waals surface area contributed by atoms with Crippen LogP contribution in [0.15, 0.2) is 18.6 Å². The molecule has 0 fully saturated rings. The molecule has 1 atom stereocenters. The van der Waals surface area contributed by atoms with Gasteiger partial charge in [-0.3, -0.25) is 20.5 Å². The molecule has 0 aliphatic heterocycles. The third kappa shape index (κ3) is 3.13. The largest absolute Gasteiger partial charge is 0.383 e. The summed E-state index contributed by atoms with van der Waals surface area (Å²) in [5.41, 5.74) is 4.97. The zero-order valence-corrected chi connectivity index (χ0v) is 12.1. The van der Waals surface area contributed by atoms with Crippen molar-refractivity contribution in [2.24, 2.45) is 5.84 Å². The number of hydrogen-bond donors (Lipinski definition) is 2. The highest BCUT2D eigenvalue weighted by Gasteiger charge is 2.22. The molecule has 0 spiro atoms. The van der Waals surface area contributed by atoms with Gasteiger partial charge in [-0.05, 0) is 6.92 Å². The van der Waals surface area contributed by atoms with E-state index in [0.29, 0.717) is 23.9 Å². The van der Waals surface area contributed by atoms with Gasteiger partial charge in [-0.25, -0.2) is 5.43 Å². The minimum absolute atomic E-state index is 0.380. The van der Waals surface area contributed by atoms with E-state index in [1.165, 1.54) is 0 Å². The highest BCUT2D eigenvalue weighted by atomic mass is 35.5. The first-order valence-electron chi connectivity index (χ1n) is 6.12. The average Bonchev–Trinajstić information content (AvgIpc) is 2.81. The molecule has 3 N–H and O–H groups in total. The van der Waals surface area contributed by atoms with Gasteiger partial charge in [0.25, 0.3) is 0 Å². The average molecular weight is 297 g/mol. The van der Waals surface area contributed by atoms with Crippen LogP contribution in [0.5, 0.6) is 0 Å². The van der Waals surface area contributed by atoms with E-state index in [1.807, 2.05) is 6.92 Å². The summed E-state index contributed by atoms with van der Waals surface area (Å²) < 4.78 is 6.81. The fourth-order valence-corrected chi connectivity index (χ4v) is 2.12. The molecular formula is C12H17ClN6O. The third-order valence-electron chi connectivity index (χ3n) is 2.88. The first-order chi connectivity index (χ1) is 9.67. The molecule has 8 heteroatoms. The summed E-state index contributed by atoms with van der Waals surface area (Å²) in [7, 11) is 1.63. The molecule has 0 saturated heterocycles. The summed E-state index contributed by atoms with van der Waals surface area (Å²) >= 11 is 6.21. The monoisotopic (exact) mass is 296 g/mol. The Hall–Kier alpha value is -1.54. The van der Waals surface area contributed by atoms with Gasteiger partial charge in [0.05, 0.1) is 47.6 Å². The molecule has 7 nitrogen and oxygen atoms in total. The standard InChI is InChI=1S/C12H17ClN6O/c1-8-5-16-10(7-15-8)11(18-14)12-9(13)6-17-19(12)3-4-20-2/h5-7,11,18H,3-4,14H2,1-2H3. The number of hydrazine groups is 1. The SMILES string of the molecule is COCCn1ncc(Cl)c1C(NN)c1cnc(C)cn1. The maximum Gasteiger partial charge on any atom is 0.108 e. The van der Waals surface area contributed by atoms with Crippen LogP contribution in [0.4, 0.5) is 0 Å². The van der Waals surface area contributed by atoms with E-state index in [2.05, 4.69) is 20.5 Å². The Kier molecular flexibility index (Phi) is 5.02. The van der Waals surface area contributed by atoms with E-state index in [1.54, 1.807) is 30.4 Å². The molecule has 2 rings (SSSR count). The number of rotatable bonds is 6. The van der Waals surface area contributed by atoms with Gasteiger partial charge in [0.15, 0.2) is 0 Å². The predicted molar refractivity (Wildman–Crippen MR) is 75.0 cm³/mol. The number of ether oxygens (including phenoxy) is 1. The van der Waals surface area contributed by atoms with E-state index in [9.17, 15) is 0 Å². The summed E-state index contributed by atoms with van der Waals surface area (Å²) in [6.07, 6.45) is 4.94. The Morgan fingerprint density at radius 3 is 2.80 bits per heavy atom. The number of methoxy groups -OCH3 is 1. The van der Waals surface area contributed by atoms with E-state index in [-0.39, 0.29) is 6.04 Å². The molecule has 0 aliphatic rings. The van der Waals surface area contributed by atoms with Crippen LogP contribution in [-0.2, 0) is 11.3 Å². The highest BCUT2D eigenvalue weighted by molar-refractivity contribution is 6.31. The third-order valence-corrected chi connectivity index (χ3v) is 3.17. The maximum atomic E-state index is 6.21. The highest BCUT2D eigenvalue weighted by Crippen LogP contribution is 2.26. The minimum Gasteiger partial charge on any atom is -0.383 e. The molecule has 1 unspecified atom stereocenters. The number of aryl methyl sites for hydroxylation is 1. The molecule has 108 valence electrons. The quantitative estimate of drug-likeness (QED) is 0.606. The fourth-order valence-electron chi connectivity index (χ4n) is 1.87. The Balaban J connectivity index is 2.35. The first-order valence-corrected chi connectivity index (χ1v) is 6.50. The second-order valence-electron chi connectivity index (χ2n) is 4.28. The van der Waals surface area contributed by atoms with Crippen LogP contribution in [0.1, 0.15) is 23.1 Å². The van der Waals surface area contributed by atoms with Gasteiger partial charge < -0.3 is 4.74 Å². The molecule has 0 aliphatic carbocycles. The molecule has 2 aromatic heterocycles. The Morgan fingerprint density at radius 1 is 1.40 bits per heavy atom. The number of nitrogens with zero attached hydrogens (tertiary/aromatic N) is 4. The Bertz CT molecular complexity index is 556. The van der Waals surface area contributed by atoms with Crippen molar-refractivity contribution in [3.05, 3.63) is 40.7 Å². The normalized spacial score (nSPS) is 12.6. The minimum atomic E-state index is -0.380. The second kappa shape index (κ2) is 6.76. The number of nitrogens with two attached hydrogens (primary N) is 1.